The number of carbonyl (C=O) groups is 2. The number of guanidine groups is 1. The topological polar surface area (TPSA) is 95.1 Å². The van der Waals surface area contributed by atoms with E-state index in [4.69, 9.17) is 4.74 Å². The molecule has 3 N–H and O–H groups in total. The first-order valence-electron chi connectivity index (χ1n) is 9.39. The first-order valence-corrected chi connectivity index (χ1v) is 9.39. The predicted octanol–water partition coefficient (Wildman–Crippen LogP) is 2.09. The summed E-state index contributed by atoms with van der Waals surface area (Å²) in [7, 11) is 3.44. The van der Waals surface area contributed by atoms with Crippen molar-refractivity contribution in [3.05, 3.63) is 0 Å². The largest absolute Gasteiger partial charge is 0.444 e. The van der Waals surface area contributed by atoms with Crippen LogP contribution in [0.15, 0.2) is 4.99 Å². The van der Waals surface area contributed by atoms with E-state index in [1.807, 2.05) is 20.8 Å². The van der Waals surface area contributed by atoms with Crippen LogP contribution in [-0.2, 0) is 9.53 Å². The lowest BCUT2D eigenvalue weighted by atomic mass is 10.2. The van der Waals surface area contributed by atoms with Crippen molar-refractivity contribution in [1.29, 1.82) is 0 Å². The Morgan fingerprint density at radius 2 is 1.70 bits per heavy atom. The summed E-state index contributed by atoms with van der Waals surface area (Å²) in [6.45, 7) is 6.77. The fourth-order valence-corrected chi connectivity index (χ4v) is 2.50. The van der Waals surface area contributed by atoms with Crippen LogP contribution in [-0.4, -0.2) is 68.2 Å². The van der Waals surface area contributed by atoms with E-state index in [0.29, 0.717) is 25.1 Å². The van der Waals surface area contributed by atoms with E-state index in [1.165, 1.54) is 17.7 Å². The van der Waals surface area contributed by atoms with Gasteiger partial charge in [0.05, 0.1) is 0 Å². The molecule has 0 atom stereocenters. The lowest BCUT2D eigenvalue weighted by molar-refractivity contribution is -0.127. The number of hydrogen-bond donors (Lipinski definition) is 3. The smallest absolute Gasteiger partial charge is 0.407 e. The Labute approximate surface area is 180 Å². The zero-order chi connectivity index (χ0) is 19.6. The molecular formula is C18H36IN5O3. The summed E-state index contributed by atoms with van der Waals surface area (Å²) in [5.74, 6) is 0.619. The summed E-state index contributed by atoms with van der Waals surface area (Å²) in [5.41, 5.74) is -0.494. The van der Waals surface area contributed by atoms with Crippen LogP contribution in [0.4, 0.5) is 4.79 Å². The maximum atomic E-state index is 11.8. The molecule has 0 aromatic rings. The van der Waals surface area contributed by atoms with Gasteiger partial charge in [-0.2, -0.15) is 0 Å². The van der Waals surface area contributed by atoms with Crippen LogP contribution in [0.3, 0.4) is 0 Å². The van der Waals surface area contributed by atoms with Crippen LogP contribution in [0.25, 0.3) is 0 Å². The zero-order valence-electron chi connectivity index (χ0n) is 17.3. The summed E-state index contributed by atoms with van der Waals surface area (Å²) in [6.07, 6.45) is 5.02. The van der Waals surface area contributed by atoms with Gasteiger partial charge in [-0.3, -0.25) is 4.79 Å². The molecule has 0 aromatic heterocycles. The number of hydrogen-bond acceptors (Lipinski definition) is 4. The number of aliphatic imine (C=N–C) groups is 1. The molecule has 0 saturated heterocycles. The van der Waals surface area contributed by atoms with Crippen LogP contribution < -0.4 is 16.0 Å². The van der Waals surface area contributed by atoms with Crippen LogP contribution in [0, 0.1) is 0 Å². The van der Waals surface area contributed by atoms with Gasteiger partial charge >= 0.3 is 6.09 Å². The van der Waals surface area contributed by atoms with Crippen LogP contribution in [0.2, 0.25) is 0 Å². The summed E-state index contributed by atoms with van der Waals surface area (Å²) in [5, 5.41) is 9.37. The number of ether oxygens (including phenoxy) is 1. The number of likely N-dealkylation sites (N-methyl/N-ethyl adjacent to an activating group) is 1. The molecule has 1 saturated carbocycles. The van der Waals surface area contributed by atoms with Crippen molar-refractivity contribution in [3.63, 3.8) is 0 Å². The fraction of sp³-hybridized carbons (Fsp3) is 0.833. The fourth-order valence-electron chi connectivity index (χ4n) is 2.50. The van der Waals surface area contributed by atoms with Gasteiger partial charge in [0.25, 0.3) is 0 Å². The minimum atomic E-state index is -0.494. The number of alkyl carbamates (subject to hydrolysis) is 1. The van der Waals surface area contributed by atoms with Crippen molar-refractivity contribution in [3.8, 4) is 0 Å². The lowest BCUT2D eigenvalue weighted by Gasteiger charge is -2.20. The Morgan fingerprint density at radius 1 is 1.11 bits per heavy atom. The van der Waals surface area contributed by atoms with Crippen molar-refractivity contribution in [2.45, 2.75) is 64.5 Å². The summed E-state index contributed by atoms with van der Waals surface area (Å²) >= 11 is 0. The van der Waals surface area contributed by atoms with Gasteiger partial charge in [0.1, 0.15) is 12.1 Å². The molecule has 1 aliphatic carbocycles. The van der Waals surface area contributed by atoms with Crippen molar-refractivity contribution >= 4 is 41.9 Å². The molecule has 2 amide bonds. The molecular weight excluding hydrogens is 461 g/mol. The Kier molecular flexibility index (Phi) is 12.4. The molecule has 0 aliphatic heterocycles. The third kappa shape index (κ3) is 12.7. The molecule has 27 heavy (non-hydrogen) atoms. The molecule has 0 heterocycles. The van der Waals surface area contributed by atoms with Crippen molar-refractivity contribution in [2.75, 3.05) is 33.7 Å². The highest BCUT2D eigenvalue weighted by Crippen LogP contribution is 2.17. The third-order valence-electron chi connectivity index (χ3n) is 3.88. The Morgan fingerprint density at radius 3 is 2.26 bits per heavy atom. The van der Waals surface area contributed by atoms with E-state index in [0.717, 1.165) is 19.3 Å². The normalized spacial score (nSPS) is 14.9. The lowest BCUT2D eigenvalue weighted by Crippen LogP contribution is -2.44. The predicted molar refractivity (Wildman–Crippen MR) is 119 cm³/mol. The first-order chi connectivity index (χ1) is 12.2. The Bertz CT molecular complexity index is 486. The van der Waals surface area contributed by atoms with E-state index in [1.54, 1.807) is 14.1 Å². The molecule has 1 rings (SSSR count). The summed E-state index contributed by atoms with van der Waals surface area (Å²) in [4.78, 5) is 29.3. The van der Waals surface area contributed by atoms with E-state index >= 15 is 0 Å². The number of nitrogens with one attached hydrogen (secondary N) is 3. The average Bonchev–Trinajstić information content (AvgIpc) is 3.02. The van der Waals surface area contributed by atoms with Gasteiger partial charge in [-0.25, -0.2) is 9.79 Å². The van der Waals surface area contributed by atoms with Crippen LogP contribution >= 0.6 is 24.0 Å². The second-order valence-electron chi connectivity index (χ2n) is 7.79. The van der Waals surface area contributed by atoms with Crippen molar-refractivity contribution in [1.82, 2.24) is 20.9 Å². The third-order valence-corrected chi connectivity index (χ3v) is 3.88. The van der Waals surface area contributed by atoms with Gasteiger partial charge in [0.2, 0.25) is 5.91 Å². The minimum absolute atomic E-state index is 0. The van der Waals surface area contributed by atoms with Gasteiger partial charge < -0.3 is 25.6 Å². The van der Waals surface area contributed by atoms with Gasteiger partial charge in [0, 0.05) is 33.2 Å². The van der Waals surface area contributed by atoms with Crippen LogP contribution in [0.1, 0.15) is 52.9 Å². The van der Waals surface area contributed by atoms with Gasteiger partial charge in [-0.05, 0) is 40.0 Å². The molecule has 1 fully saturated rings. The monoisotopic (exact) mass is 497 g/mol. The Hall–Kier alpha value is -1.26. The van der Waals surface area contributed by atoms with E-state index in [9.17, 15) is 9.59 Å². The minimum Gasteiger partial charge on any atom is -0.444 e. The van der Waals surface area contributed by atoms with Gasteiger partial charge in [-0.15, -0.1) is 24.0 Å². The van der Waals surface area contributed by atoms with Crippen molar-refractivity contribution in [2.24, 2.45) is 4.99 Å². The first kappa shape index (κ1) is 25.7. The molecule has 1 aliphatic rings. The molecule has 8 nitrogen and oxygen atoms in total. The molecule has 9 heteroatoms. The molecule has 0 spiro atoms. The number of halogens is 1. The molecule has 0 unspecified atom stereocenters. The number of rotatable bonds is 7. The average molecular weight is 497 g/mol. The number of nitrogens with zero attached hydrogens (tertiary/aromatic N) is 2. The van der Waals surface area contributed by atoms with E-state index in [2.05, 4.69) is 20.9 Å². The second-order valence-corrected chi connectivity index (χ2v) is 7.79. The maximum Gasteiger partial charge on any atom is 0.407 e. The highest BCUT2D eigenvalue weighted by molar-refractivity contribution is 14.0. The standard InChI is InChI=1S/C18H35N5O3.HI/c1-18(2,3)26-17(25)20-12-8-11-19-16(21-13-15(24)23(4)5)22-14-9-6-7-10-14;/h14H,6-13H2,1-5H3,(H,20,25)(H2,19,21,22);1H. The number of amides is 2. The number of carbonyl (C=O) groups excluding carboxylic acids is 2. The maximum absolute atomic E-state index is 11.8. The zero-order valence-corrected chi connectivity index (χ0v) is 19.6. The van der Waals surface area contributed by atoms with Crippen LogP contribution in [0.5, 0.6) is 0 Å². The van der Waals surface area contributed by atoms with Gasteiger partial charge in [0.15, 0.2) is 5.96 Å². The molecule has 0 aromatic carbocycles. The molecule has 0 bridgehead atoms. The highest BCUT2D eigenvalue weighted by Gasteiger charge is 2.17. The quantitative estimate of drug-likeness (QED) is 0.217. The second kappa shape index (κ2) is 13.0. The molecule has 158 valence electrons. The summed E-state index contributed by atoms with van der Waals surface area (Å²) < 4.78 is 5.19. The molecule has 0 radical (unpaired) electrons. The Balaban J connectivity index is 0.00000676. The summed E-state index contributed by atoms with van der Waals surface area (Å²) in [6, 6.07) is 0.413. The van der Waals surface area contributed by atoms with Crippen molar-refractivity contribution < 1.29 is 14.3 Å². The van der Waals surface area contributed by atoms with E-state index < -0.39 is 11.7 Å². The van der Waals surface area contributed by atoms with Gasteiger partial charge in [-0.1, -0.05) is 12.8 Å². The highest BCUT2D eigenvalue weighted by atomic mass is 127. The SMILES string of the molecule is CN(C)C(=O)CN=C(NCCCNC(=O)OC(C)(C)C)NC1CCCC1.I. The van der Waals surface area contributed by atoms with E-state index in [-0.39, 0.29) is 36.4 Å².